The van der Waals surface area contributed by atoms with E-state index >= 15 is 0 Å². The van der Waals surface area contributed by atoms with Crippen molar-refractivity contribution < 1.29 is 4.79 Å². The fraction of sp³-hybridized carbons (Fsp3) is 0.240. The largest absolute Gasteiger partial charge is 0.312 e. The van der Waals surface area contributed by atoms with E-state index in [1.54, 1.807) is 11.9 Å². The van der Waals surface area contributed by atoms with E-state index < -0.39 is 0 Å². The lowest BCUT2D eigenvalue weighted by atomic mass is 9.98. The average molecular weight is 357 g/mol. The van der Waals surface area contributed by atoms with Crippen molar-refractivity contribution in [2.45, 2.75) is 32.6 Å². The van der Waals surface area contributed by atoms with E-state index in [-0.39, 0.29) is 5.91 Å². The molecule has 0 bridgehead atoms. The predicted octanol–water partition coefficient (Wildman–Crippen LogP) is 6.39. The van der Waals surface area contributed by atoms with Crippen LogP contribution >= 0.6 is 0 Å². The molecule has 0 aliphatic rings. The molecule has 0 unspecified atom stereocenters. The predicted molar refractivity (Wildman–Crippen MR) is 116 cm³/mol. The number of anilines is 1. The van der Waals surface area contributed by atoms with Gasteiger partial charge in [-0.15, -0.1) is 0 Å². The van der Waals surface area contributed by atoms with Gasteiger partial charge < -0.3 is 4.90 Å². The Bertz CT molecular complexity index is 940. The summed E-state index contributed by atoms with van der Waals surface area (Å²) in [5.74, 6) is -0.108. The van der Waals surface area contributed by atoms with Crippen LogP contribution in [0, 0.1) is 0 Å². The van der Waals surface area contributed by atoms with Gasteiger partial charge in [-0.1, -0.05) is 68.8 Å². The molecule has 27 heavy (non-hydrogen) atoms. The molecule has 2 heteroatoms. The van der Waals surface area contributed by atoms with Crippen molar-refractivity contribution in [2.75, 3.05) is 11.9 Å². The van der Waals surface area contributed by atoms with Crippen LogP contribution in [0.4, 0.5) is 5.69 Å². The summed E-state index contributed by atoms with van der Waals surface area (Å²) in [6.45, 7) is 5.78. The van der Waals surface area contributed by atoms with Gasteiger partial charge in [0.25, 0.3) is 0 Å². The number of fused-ring (bicyclic) bond motifs is 1. The second-order valence-corrected chi connectivity index (χ2v) is 7.00. The molecule has 0 radical (unpaired) electrons. The number of unbranched alkanes of at least 4 members (excludes halogenated alkanes) is 2. The summed E-state index contributed by atoms with van der Waals surface area (Å²) < 4.78 is 0. The molecule has 0 saturated heterocycles. The van der Waals surface area contributed by atoms with Crippen molar-refractivity contribution in [1.29, 1.82) is 0 Å². The van der Waals surface area contributed by atoms with Gasteiger partial charge in [0, 0.05) is 12.7 Å². The van der Waals surface area contributed by atoms with Gasteiger partial charge in [0.15, 0.2) is 0 Å². The van der Waals surface area contributed by atoms with Gasteiger partial charge in [0.2, 0.25) is 5.91 Å². The average Bonchev–Trinajstić information content (AvgIpc) is 2.72. The summed E-state index contributed by atoms with van der Waals surface area (Å²) in [5, 5.41) is 2.55. The van der Waals surface area contributed by atoms with E-state index in [0.29, 0.717) is 0 Å². The van der Waals surface area contributed by atoms with Crippen molar-refractivity contribution in [3.63, 3.8) is 0 Å². The van der Waals surface area contributed by atoms with Crippen LogP contribution in [0.1, 0.15) is 31.7 Å². The van der Waals surface area contributed by atoms with Crippen molar-refractivity contribution in [3.8, 4) is 11.1 Å². The SMILES string of the molecule is C=CC(=O)N(C)c1ccc(-c2ccc3cc(CCCCC)ccc3c2)cc1. The lowest BCUT2D eigenvalue weighted by Crippen LogP contribution is -2.23. The van der Waals surface area contributed by atoms with Crippen molar-refractivity contribution in [1.82, 2.24) is 0 Å². The van der Waals surface area contributed by atoms with Gasteiger partial charge in [0.1, 0.15) is 0 Å². The van der Waals surface area contributed by atoms with Gasteiger partial charge in [-0.3, -0.25) is 4.79 Å². The summed E-state index contributed by atoms with van der Waals surface area (Å²) >= 11 is 0. The quantitative estimate of drug-likeness (QED) is 0.354. The minimum absolute atomic E-state index is 0.108. The third-order valence-corrected chi connectivity index (χ3v) is 5.07. The fourth-order valence-corrected chi connectivity index (χ4v) is 3.35. The molecule has 0 saturated carbocycles. The monoisotopic (exact) mass is 357 g/mol. The number of hydrogen-bond acceptors (Lipinski definition) is 1. The van der Waals surface area contributed by atoms with Crippen molar-refractivity contribution in [3.05, 3.63) is 78.9 Å². The summed E-state index contributed by atoms with van der Waals surface area (Å²) in [6.07, 6.45) is 6.29. The number of hydrogen-bond donors (Lipinski definition) is 0. The fourth-order valence-electron chi connectivity index (χ4n) is 3.35. The van der Waals surface area contributed by atoms with Crippen LogP contribution in [0.2, 0.25) is 0 Å². The number of carbonyl (C=O) groups excluding carboxylic acids is 1. The van der Waals surface area contributed by atoms with E-state index in [4.69, 9.17) is 0 Å². The lowest BCUT2D eigenvalue weighted by molar-refractivity contribution is -0.113. The molecule has 0 atom stereocenters. The van der Waals surface area contributed by atoms with Crippen molar-refractivity contribution >= 4 is 22.4 Å². The summed E-state index contributed by atoms with van der Waals surface area (Å²) in [4.78, 5) is 13.3. The molecular weight excluding hydrogens is 330 g/mol. The smallest absolute Gasteiger partial charge is 0.250 e. The Balaban J connectivity index is 1.81. The molecule has 0 heterocycles. The molecule has 0 aromatic heterocycles. The first-order chi connectivity index (χ1) is 13.1. The minimum Gasteiger partial charge on any atom is -0.312 e. The molecule has 2 nitrogen and oxygen atoms in total. The highest BCUT2D eigenvalue weighted by Crippen LogP contribution is 2.27. The van der Waals surface area contributed by atoms with E-state index in [2.05, 4.69) is 62.0 Å². The number of rotatable bonds is 7. The van der Waals surface area contributed by atoms with E-state index in [1.807, 2.05) is 12.1 Å². The van der Waals surface area contributed by atoms with E-state index in [9.17, 15) is 4.79 Å². The summed E-state index contributed by atoms with van der Waals surface area (Å²) in [5.41, 5.74) is 4.61. The Morgan fingerprint density at radius 3 is 2.30 bits per heavy atom. The highest BCUT2D eigenvalue weighted by atomic mass is 16.2. The Hall–Kier alpha value is -2.87. The maximum absolute atomic E-state index is 11.7. The third kappa shape index (κ3) is 4.46. The van der Waals surface area contributed by atoms with Gasteiger partial charge in [0.05, 0.1) is 0 Å². The second kappa shape index (κ2) is 8.68. The van der Waals surface area contributed by atoms with Gasteiger partial charge in [-0.05, 0) is 64.6 Å². The Kier molecular flexibility index (Phi) is 6.08. The molecule has 0 N–H and O–H groups in total. The van der Waals surface area contributed by atoms with Crippen LogP contribution in [0.5, 0.6) is 0 Å². The summed E-state index contributed by atoms with van der Waals surface area (Å²) in [6, 6.07) is 21.5. The van der Waals surface area contributed by atoms with Crippen LogP contribution in [-0.4, -0.2) is 13.0 Å². The lowest BCUT2D eigenvalue weighted by Gasteiger charge is -2.15. The molecule has 1 amide bonds. The topological polar surface area (TPSA) is 20.3 Å². The Morgan fingerprint density at radius 1 is 0.926 bits per heavy atom. The molecule has 3 rings (SSSR count). The van der Waals surface area contributed by atoms with Crippen molar-refractivity contribution in [2.24, 2.45) is 0 Å². The standard InChI is InChI=1S/C25H27NO/c1-4-6-7-8-19-9-10-23-18-22(12-11-21(23)17-19)20-13-15-24(16-14-20)26(3)25(27)5-2/h5,9-18H,2,4,6-8H2,1,3H3. The highest BCUT2D eigenvalue weighted by molar-refractivity contribution is 6.00. The zero-order chi connectivity index (χ0) is 19.2. The molecule has 0 fully saturated rings. The number of amides is 1. The second-order valence-electron chi connectivity index (χ2n) is 7.00. The molecule has 138 valence electrons. The summed E-state index contributed by atoms with van der Waals surface area (Å²) in [7, 11) is 1.76. The molecular formula is C25H27NO. The molecule has 0 aliphatic heterocycles. The number of likely N-dealkylation sites (N-methyl/N-ethyl adjacent to an activating group) is 1. The van der Waals surface area contributed by atoms with Crippen LogP contribution in [0.25, 0.3) is 21.9 Å². The van der Waals surface area contributed by atoms with Gasteiger partial charge >= 0.3 is 0 Å². The van der Waals surface area contributed by atoms with Gasteiger partial charge in [-0.2, -0.15) is 0 Å². The normalized spacial score (nSPS) is 10.7. The molecule has 0 aliphatic carbocycles. The minimum atomic E-state index is -0.108. The number of aryl methyl sites for hydroxylation is 1. The third-order valence-electron chi connectivity index (χ3n) is 5.07. The first-order valence-electron chi connectivity index (χ1n) is 9.65. The highest BCUT2D eigenvalue weighted by Gasteiger charge is 2.07. The zero-order valence-corrected chi connectivity index (χ0v) is 16.2. The maximum atomic E-state index is 11.7. The zero-order valence-electron chi connectivity index (χ0n) is 16.2. The molecule has 3 aromatic rings. The van der Waals surface area contributed by atoms with Crippen LogP contribution in [0.15, 0.2) is 73.3 Å². The van der Waals surface area contributed by atoms with E-state index in [0.717, 1.165) is 17.7 Å². The van der Waals surface area contributed by atoms with E-state index in [1.165, 1.54) is 47.2 Å². The first kappa shape index (κ1) is 18.9. The number of carbonyl (C=O) groups is 1. The number of benzene rings is 3. The number of nitrogens with zero attached hydrogens (tertiary/aromatic N) is 1. The Morgan fingerprint density at radius 2 is 1.59 bits per heavy atom. The van der Waals surface area contributed by atoms with Gasteiger partial charge in [-0.25, -0.2) is 0 Å². The Labute approximate surface area is 162 Å². The molecule has 3 aromatic carbocycles. The van der Waals surface area contributed by atoms with Crippen LogP contribution in [0.3, 0.4) is 0 Å². The first-order valence-corrected chi connectivity index (χ1v) is 9.65. The van der Waals surface area contributed by atoms with Crippen LogP contribution in [-0.2, 0) is 11.2 Å². The maximum Gasteiger partial charge on any atom is 0.250 e. The molecule has 0 spiro atoms. The van der Waals surface area contributed by atoms with Crippen LogP contribution < -0.4 is 4.90 Å².